The van der Waals surface area contributed by atoms with Gasteiger partial charge in [-0.2, -0.15) is 5.10 Å². The standard InChI is InChI=1S/C10H11N3O2S/c1-2-9(16-5-1)10(14-3-4-15-10)6-13-8-11-7-12-13/h1-2,5,7-8H,3-4,6H2. The van der Waals surface area contributed by atoms with Gasteiger partial charge in [0.15, 0.2) is 0 Å². The van der Waals surface area contributed by atoms with Crippen LogP contribution in [-0.2, 0) is 21.8 Å². The molecule has 0 atom stereocenters. The molecular weight excluding hydrogens is 226 g/mol. The Labute approximate surface area is 96.6 Å². The summed E-state index contributed by atoms with van der Waals surface area (Å²) in [5, 5.41) is 6.10. The Bertz CT molecular complexity index is 435. The lowest BCUT2D eigenvalue weighted by atomic mass is 10.2. The molecule has 0 bridgehead atoms. The van der Waals surface area contributed by atoms with Gasteiger partial charge in [0, 0.05) is 0 Å². The number of hydrogen-bond donors (Lipinski definition) is 0. The summed E-state index contributed by atoms with van der Waals surface area (Å²) >= 11 is 1.63. The molecular formula is C10H11N3O2S. The van der Waals surface area contributed by atoms with Crippen LogP contribution in [-0.4, -0.2) is 28.0 Å². The topological polar surface area (TPSA) is 49.2 Å². The molecule has 6 heteroatoms. The van der Waals surface area contributed by atoms with Crippen molar-refractivity contribution >= 4 is 11.3 Å². The summed E-state index contributed by atoms with van der Waals surface area (Å²) in [4.78, 5) is 4.99. The Kier molecular flexibility index (Phi) is 2.47. The predicted molar refractivity (Wildman–Crippen MR) is 57.9 cm³/mol. The van der Waals surface area contributed by atoms with E-state index >= 15 is 0 Å². The number of aromatic nitrogens is 3. The van der Waals surface area contributed by atoms with E-state index in [-0.39, 0.29) is 0 Å². The maximum absolute atomic E-state index is 5.76. The van der Waals surface area contributed by atoms with Gasteiger partial charge in [0.05, 0.1) is 18.1 Å². The van der Waals surface area contributed by atoms with Gasteiger partial charge >= 0.3 is 0 Å². The number of nitrogens with zero attached hydrogens (tertiary/aromatic N) is 3. The highest BCUT2D eigenvalue weighted by Crippen LogP contribution is 2.35. The van der Waals surface area contributed by atoms with Crippen molar-refractivity contribution in [3.05, 3.63) is 35.0 Å². The summed E-state index contributed by atoms with van der Waals surface area (Å²) in [6.45, 7) is 1.77. The Morgan fingerprint density at radius 3 is 2.94 bits per heavy atom. The molecule has 3 heterocycles. The third kappa shape index (κ3) is 1.64. The van der Waals surface area contributed by atoms with Gasteiger partial charge < -0.3 is 9.47 Å². The third-order valence-corrected chi connectivity index (χ3v) is 3.48. The van der Waals surface area contributed by atoms with Gasteiger partial charge in [-0.1, -0.05) is 6.07 Å². The fraction of sp³-hybridized carbons (Fsp3) is 0.400. The maximum Gasteiger partial charge on any atom is 0.224 e. The first-order valence-electron chi connectivity index (χ1n) is 5.03. The van der Waals surface area contributed by atoms with E-state index in [0.717, 1.165) is 4.88 Å². The van der Waals surface area contributed by atoms with Gasteiger partial charge in [-0.3, -0.25) is 0 Å². The minimum Gasteiger partial charge on any atom is -0.341 e. The fourth-order valence-corrected chi connectivity index (χ4v) is 2.61. The summed E-state index contributed by atoms with van der Waals surface area (Å²) in [7, 11) is 0. The SMILES string of the molecule is c1csc(C2(Cn3cncn3)OCCO2)c1. The van der Waals surface area contributed by atoms with E-state index in [9.17, 15) is 0 Å². The average Bonchev–Trinajstić information content (AvgIpc) is 3.00. The van der Waals surface area contributed by atoms with Crippen LogP contribution in [0, 0.1) is 0 Å². The largest absolute Gasteiger partial charge is 0.341 e. The van der Waals surface area contributed by atoms with Crippen molar-refractivity contribution in [2.24, 2.45) is 0 Å². The summed E-state index contributed by atoms with van der Waals surface area (Å²) in [6, 6.07) is 4.01. The van der Waals surface area contributed by atoms with Crippen molar-refractivity contribution in [1.82, 2.24) is 14.8 Å². The molecule has 0 N–H and O–H groups in total. The molecule has 2 aromatic rings. The highest BCUT2D eigenvalue weighted by atomic mass is 32.1. The van der Waals surface area contributed by atoms with E-state index < -0.39 is 5.79 Å². The van der Waals surface area contributed by atoms with Crippen molar-refractivity contribution in [3.63, 3.8) is 0 Å². The van der Waals surface area contributed by atoms with E-state index in [1.165, 1.54) is 6.33 Å². The average molecular weight is 237 g/mol. The number of thiophene rings is 1. The highest BCUT2D eigenvalue weighted by molar-refractivity contribution is 7.10. The van der Waals surface area contributed by atoms with Gasteiger partial charge in [-0.15, -0.1) is 11.3 Å². The van der Waals surface area contributed by atoms with Crippen molar-refractivity contribution in [3.8, 4) is 0 Å². The van der Waals surface area contributed by atoms with E-state index in [0.29, 0.717) is 19.8 Å². The summed E-state index contributed by atoms with van der Waals surface area (Å²) in [5.41, 5.74) is 0. The first kappa shape index (κ1) is 9.95. The second-order valence-electron chi connectivity index (χ2n) is 3.52. The van der Waals surface area contributed by atoms with Crippen LogP contribution in [0.15, 0.2) is 30.2 Å². The lowest BCUT2D eigenvalue weighted by Gasteiger charge is -2.25. The van der Waals surface area contributed by atoms with Crippen LogP contribution in [0.25, 0.3) is 0 Å². The molecule has 1 fully saturated rings. The molecule has 2 aromatic heterocycles. The van der Waals surface area contributed by atoms with E-state index in [1.807, 2.05) is 17.5 Å². The molecule has 0 unspecified atom stereocenters. The lowest BCUT2D eigenvalue weighted by molar-refractivity contribution is -0.175. The van der Waals surface area contributed by atoms with Crippen LogP contribution < -0.4 is 0 Å². The predicted octanol–water partition coefficient (Wildman–Crippen LogP) is 1.24. The lowest BCUT2D eigenvalue weighted by Crippen LogP contribution is -2.32. The third-order valence-electron chi connectivity index (χ3n) is 2.49. The quantitative estimate of drug-likeness (QED) is 0.806. The maximum atomic E-state index is 5.76. The second-order valence-corrected chi connectivity index (χ2v) is 4.47. The zero-order chi connectivity index (χ0) is 10.8. The molecule has 16 heavy (non-hydrogen) atoms. The van der Waals surface area contributed by atoms with Gasteiger partial charge in [0.1, 0.15) is 19.2 Å². The highest BCUT2D eigenvalue weighted by Gasteiger charge is 2.40. The molecule has 0 radical (unpaired) electrons. The van der Waals surface area contributed by atoms with Crippen molar-refractivity contribution in [2.75, 3.05) is 13.2 Å². The molecule has 5 nitrogen and oxygen atoms in total. The monoisotopic (exact) mass is 237 g/mol. The molecule has 3 rings (SSSR count). The van der Waals surface area contributed by atoms with Crippen molar-refractivity contribution in [2.45, 2.75) is 12.3 Å². The van der Waals surface area contributed by atoms with Crippen molar-refractivity contribution < 1.29 is 9.47 Å². The molecule has 84 valence electrons. The molecule has 0 amide bonds. The van der Waals surface area contributed by atoms with Crippen LogP contribution >= 0.6 is 11.3 Å². The smallest absolute Gasteiger partial charge is 0.224 e. The van der Waals surface area contributed by atoms with Gasteiger partial charge in [0.25, 0.3) is 0 Å². The van der Waals surface area contributed by atoms with Crippen LogP contribution in [0.1, 0.15) is 4.88 Å². The van der Waals surface area contributed by atoms with Crippen LogP contribution in [0.4, 0.5) is 0 Å². The molecule has 0 saturated carbocycles. The van der Waals surface area contributed by atoms with Crippen LogP contribution in [0.3, 0.4) is 0 Å². The van der Waals surface area contributed by atoms with Crippen LogP contribution in [0.5, 0.6) is 0 Å². The van der Waals surface area contributed by atoms with E-state index in [4.69, 9.17) is 9.47 Å². The Morgan fingerprint density at radius 2 is 2.31 bits per heavy atom. The van der Waals surface area contributed by atoms with Gasteiger partial charge in [-0.05, 0) is 11.4 Å². The molecule has 1 saturated heterocycles. The molecule has 0 aromatic carbocycles. The van der Waals surface area contributed by atoms with Crippen molar-refractivity contribution in [1.29, 1.82) is 0 Å². The second kappa shape index (κ2) is 3.97. The first-order chi connectivity index (χ1) is 7.89. The minimum atomic E-state index is -0.679. The number of hydrogen-bond acceptors (Lipinski definition) is 5. The Balaban J connectivity index is 1.91. The Hall–Kier alpha value is -1.24. The number of ether oxygens (including phenoxy) is 2. The molecule has 0 aliphatic carbocycles. The number of rotatable bonds is 3. The summed E-state index contributed by atoms with van der Waals surface area (Å²) in [5.74, 6) is -0.679. The van der Waals surface area contributed by atoms with Crippen LogP contribution in [0.2, 0.25) is 0 Å². The van der Waals surface area contributed by atoms with Gasteiger partial charge in [-0.25, -0.2) is 9.67 Å². The molecule has 0 spiro atoms. The zero-order valence-corrected chi connectivity index (χ0v) is 9.39. The van der Waals surface area contributed by atoms with E-state index in [2.05, 4.69) is 10.1 Å². The zero-order valence-electron chi connectivity index (χ0n) is 8.57. The summed E-state index contributed by atoms with van der Waals surface area (Å²) in [6.07, 6.45) is 3.18. The van der Waals surface area contributed by atoms with E-state index in [1.54, 1.807) is 22.3 Å². The molecule has 1 aliphatic rings. The Morgan fingerprint density at radius 1 is 1.44 bits per heavy atom. The minimum absolute atomic E-state index is 0.535. The normalized spacial score (nSPS) is 19.0. The van der Waals surface area contributed by atoms with Gasteiger partial charge in [0.2, 0.25) is 5.79 Å². The first-order valence-corrected chi connectivity index (χ1v) is 5.91. The molecule has 1 aliphatic heterocycles. The fourth-order valence-electron chi connectivity index (χ4n) is 1.79. The summed E-state index contributed by atoms with van der Waals surface area (Å²) < 4.78 is 13.2.